The van der Waals surface area contributed by atoms with E-state index in [0.717, 1.165) is 17.1 Å². The maximum absolute atomic E-state index is 13.3. The third-order valence-corrected chi connectivity index (χ3v) is 6.88. The third-order valence-electron chi connectivity index (χ3n) is 4.79. The molecule has 1 amide bonds. The number of sulfonamides is 1. The van der Waals surface area contributed by atoms with Crippen molar-refractivity contribution in [2.45, 2.75) is 24.7 Å². The Balaban J connectivity index is 1.70. The SMILES string of the molecule is Cc1cccc(CCCNC(=O)CN(c2ccccc2Cl)S(=O)(=O)c2ccccc2)c1. The molecule has 5 nitrogen and oxygen atoms in total. The van der Waals surface area contributed by atoms with E-state index in [9.17, 15) is 13.2 Å². The van der Waals surface area contributed by atoms with Crippen LogP contribution in [0.4, 0.5) is 5.69 Å². The zero-order chi connectivity index (χ0) is 22.3. The van der Waals surface area contributed by atoms with Crippen molar-refractivity contribution in [2.75, 3.05) is 17.4 Å². The largest absolute Gasteiger partial charge is 0.355 e. The summed E-state index contributed by atoms with van der Waals surface area (Å²) in [4.78, 5) is 12.7. The van der Waals surface area contributed by atoms with Crippen molar-refractivity contribution in [3.05, 3.63) is 95.0 Å². The Morgan fingerprint density at radius 3 is 2.39 bits per heavy atom. The molecule has 0 spiro atoms. The van der Waals surface area contributed by atoms with Crippen LogP contribution in [0.1, 0.15) is 17.5 Å². The first-order chi connectivity index (χ1) is 14.9. The highest BCUT2D eigenvalue weighted by Gasteiger charge is 2.28. The van der Waals surface area contributed by atoms with Gasteiger partial charge in [-0.2, -0.15) is 0 Å². The van der Waals surface area contributed by atoms with Crippen LogP contribution >= 0.6 is 11.6 Å². The summed E-state index contributed by atoms with van der Waals surface area (Å²) in [6.07, 6.45) is 1.59. The summed E-state index contributed by atoms with van der Waals surface area (Å²) in [6, 6.07) is 22.8. The number of carbonyl (C=O) groups is 1. The van der Waals surface area contributed by atoms with Crippen LogP contribution in [0.25, 0.3) is 0 Å². The van der Waals surface area contributed by atoms with Gasteiger partial charge < -0.3 is 5.32 Å². The Hall–Kier alpha value is -2.83. The van der Waals surface area contributed by atoms with Crippen molar-refractivity contribution in [1.29, 1.82) is 0 Å². The minimum Gasteiger partial charge on any atom is -0.355 e. The van der Waals surface area contributed by atoms with E-state index in [1.807, 2.05) is 19.1 Å². The Kier molecular flexibility index (Phi) is 7.71. The number of rotatable bonds is 9. The minimum absolute atomic E-state index is 0.0992. The fourth-order valence-corrected chi connectivity index (χ4v) is 5.00. The van der Waals surface area contributed by atoms with E-state index in [1.165, 1.54) is 23.3 Å². The number of anilines is 1. The molecule has 0 aliphatic heterocycles. The van der Waals surface area contributed by atoms with Gasteiger partial charge >= 0.3 is 0 Å². The van der Waals surface area contributed by atoms with Gasteiger partial charge in [0.25, 0.3) is 10.0 Å². The molecule has 0 bridgehead atoms. The van der Waals surface area contributed by atoms with Crippen molar-refractivity contribution in [1.82, 2.24) is 5.32 Å². The Morgan fingerprint density at radius 2 is 1.68 bits per heavy atom. The van der Waals surface area contributed by atoms with Gasteiger partial charge in [0.1, 0.15) is 6.54 Å². The molecule has 1 N–H and O–H groups in total. The second-order valence-corrected chi connectivity index (χ2v) is 9.49. The first-order valence-electron chi connectivity index (χ1n) is 10.0. The lowest BCUT2D eigenvalue weighted by molar-refractivity contribution is -0.119. The summed E-state index contributed by atoms with van der Waals surface area (Å²) in [5, 5.41) is 3.08. The molecule has 0 atom stereocenters. The maximum atomic E-state index is 13.3. The predicted molar refractivity (Wildman–Crippen MR) is 125 cm³/mol. The van der Waals surface area contributed by atoms with Gasteiger partial charge in [-0.1, -0.05) is 71.8 Å². The molecular formula is C24H25ClN2O3S. The number of hydrogen-bond donors (Lipinski definition) is 1. The van der Waals surface area contributed by atoms with E-state index in [1.54, 1.807) is 42.5 Å². The lowest BCUT2D eigenvalue weighted by Crippen LogP contribution is -2.41. The van der Waals surface area contributed by atoms with Gasteiger partial charge in [-0.15, -0.1) is 0 Å². The first-order valence-corrected chi connectivity index (χ1v) is 11.8. The fraction of sp³-hybridized carbons (Fsp3) is 0.208. The lowest BCUT2D eigenvalue weighted by Gasteiger charge is -2.25. The monoisotopic (exact) mass is 456 g/mol. The summed E-state index contributed by atoms with van der Waals surface area (Å²) in [5.74, 6) is -0.385. The number of para-hydroxylation sites is 1. The van der Waals surface area contributed by atoms with Crippen molar-refractivity contribution < 1.29 is 13.2 Å². The fourth-order valence-electron chi connectivity index (χ4n) is 3.25. The molecule has 162 valence electrons. The van der Waals surface area contributed by atoms with E-state index in [-0.39, 0.29) is 28.1 Å². The van der Waals surface area contributed by atoms with E-state index in [0.29, 0.717) is 6.54 Å². The van der Waals surface area contributed by atoms with Gasteiger partial charge in [0.2, 0.25) is 5.91 Å². The van der Waals surface area contributed by atoms with Crippen molar-refractivity contribution >= 4 is 33.2 Å². The number of hydrogen-bond acceptors (Lipinski definition) is 3. The van der Waals surface area contributed by atoms with Crippen LogP contribution in [-0.2, 0) is 21.2 Å². The molecule has 0 radical (unpaired) electrons. The highest BCUT2D eigenvalue weighted by molar-refractivity contribution is 7.92. The summed E-state index contributed by atoms with van der Waals surface area (Å²) >= 11 is 6.27. The standard InChI is InChI=1S/C24H25ClN2O3S/c1-19-9-7-10-20(17-19)11-8-16-26-24(28)18-27(23-15-6-5-14-22(23)25)31(29,30)21-12-3-2-4-13-21/h2-7,9-10,12-15,17H,8,11,16,18H2,1H3,(H,26,28). The lowest BCUT2D eigenvalue weighted by atomic mass is 10.1. The molecule has 7 heteroatoms. The van der Waals surface area contributed by atoms with Gasteiger partial charge in [-0.3, -0.25) is 9.10 Å². The smallest absolute Gasteiger partial charge is 0.264 e. The van der Waals surface area contributed by atoms with E-state index in [4.69, 9.17) is 11.6 Å². The van der Waals surface area contributed by atoms with Crippen LogP contribution in [0.3, 0.4) is 0 Å². The van der Waals surface area contributed by atoms with Crippen LogP contribution in [0, 0.1) is 6.92 Å². The Morgan fingerprint density at radius 1 is 0.968 bits per heavy atom. The zero-order valence-electron chi connectivity index (χ0n) is 17.3. The summed E-state index contributed by atoms with van der Waals surface area (Å²) < 4.78 is 27.6. The molecule has 0 saturated carbocycles. The molecule has 0 fully saturated rings. The number of amides is 1. The van der Waals surface area contributed by atoms with Gasteiger partial charge in [0.15, 0.2) is 0 Å². The predicted octanol–water partition coefficient (Wildman–Crippen LogP) is 4.59. The summed E-state index contributed by atoms with van der Waals surface area (Å²) in [5.41, 5.74) is 2.67. The van der Waals surface area contributed by atoms with Crippen LogP contribution < -0.4 is 9.62 Å². The third kappa shape index (κ3) is 6.09. The quantitative estimate of drug-likeness (QED) is 0.479. The molecule has 0 aliphatic rings. The second-order valence-electron chi connectivity index (χ2n) is 7.22. The van der Waals surface area contributed by atoms with Crippen molar-refractivity contribution in [2.24, 2.45) is 0 Å². The maximum Gasteiger partial charge on any atom is 0.264 e. The van der Waals surface area contributed by atoms with Crippen LogP contribution in [-0.4, -0.2) is 27.4 Å². The number of nitrogens with one attached hydrogen (secondary N) is 1. The summed E-state index contributed by atoms with van der Waals surface area (Å²) in [7, 11) is -3.96. The molecular weight excluding hydrogens is 432 g/mol. The molecule has 31 heavy (non-hydrogen) atoms. The van der Waals surface area contributed by atoms with Gasteiger partial charge in [-0.25, -0.2) is 8.42 Å². The van der Waals surface area contributed by atoms with Crippen molar-refractivity contribution in [3.8, 4) is 0 Å². The molecule has 0 saturated heterocycles. The van der Waals surface area contributed by atoms with E-state index in [2.05, 4.69) is 17.4 Å². The van der Waals surface area contributed by atoms with E-state index < -0.39 is 10.0 Å². The average molecular weight is 457 g/mol. The van der Waals surface area contributed by atoms with Crippen LogP contribution in [0.5, 0.6) is 0 Å². The molecule has 3 aromatic carbocycles. The number of halogens is 1. The number of benzene rings is 3. The number of carbonyl (C=O) groups excluding carboxylic acids is 1. The number of nitrogens with zero attached hydrogens (tertiary/aromatic N) is 1. The molecule has 3 rings (SSSR count). The van der Waals surface area contributed by atoms with Crippen LogP contribution in [0.15, 0.2) is 83.8 Å². The topological polar surface area (TPSA) is 66.5 Å². The molecule has 3 aromatic rings. The Labute approximate surface area is 188 Å². The highest BCUT2D eigenvalue weighted by Crippen LogP contribution is 2.30. The van der Waals surface area contributed by atoms with Gasteiger partial charge in [-0.05, 0) is 49.6 Å². The van der Waals surface area contributed by atoms with Gasteiger partial charge in [0, 0.05) is 6.54 Å². The van der Waals surface area contributed by atoms with Gasteiger partial charge in [0.05, 0.1) is 15.6 Å². The highest BCUT2D eigenvalue weighted by atomic mass is 35.5. The molecule has 0 unspecified atom stereocenters. The second kappa shape index (κ2) is 10.5. The summed E-state index contributed by atoms with van der Waals surface area (Å²) in [6.45, 7) is 2.14. The first kappa shape index (κ1) is 22.8. The minimum atomic E-state index is -3.96. The normalized spacial score (nSPS) is 11.2. The van der Waals surface area contributed by atoms with Crippen molar-refractivity contribution in [3.63, 3.8) is 0 Å². The van der Waals surface area contributed by atoms with Crippen LogP contribution in [0.2, 0.25) is 5.02 Å². The zero-order valence-corrected chi connectivity index (χ0v) is 18.9. The molecule has 0 aliphatic carbocycles. The molecule has 0 heterocycles. The Bertz CT molecular complexity index is 1130. The average Bonchev–Trinajstić information content (AvgIpc) is 2.76. The number of aryl methyl sites for hydroxylation is 2. The molecule has 0 aromatic heterocycles. The van der Waals surface area contributed by atoms with E-state index >= 15 is 0 Å².